The predicted octanol–water partition coefficient (Wildman–Crippen LogP) is 3.19. The van der Waals surface area contributed by atoms with Gasteiger partial charge in [0.1, 0.15) is 5.75 Å². The molecule has 3 atom stereocenters. The Morgan fingerprint density at radius 2 is 2.00 bits per heavy atom. The Hall–Kier alpha value is -1.02. The normalized spacial score (nSPS) is 29.0. The third-order valence-corrected chi connectivity index (χ3v) is 4.10. The Morgan fingerprint density at radius 1 is 1.29 bits per heavy atom. The van der Waals surface area contributed by atoms with E-state index in [1.54, 1.807) is 7.11 Å². The Kier molecular flexibility index (Phi) is 4.06. The molecule has 0 radical (unpaired) electrons. The van der Waals surface area contributed by atoms with E-state index < -0.39 is 0 Å². The fourth-order valence-electron chi connectivity index (χ4n) is 3.08. The number of nitrogens with one attached hydrogen (secondary N) is 1. The second-order valence-corrected chi connectivity index (χ2v) is 4.98. The summed E-state index contributed by atoms with van der Waals surface area (Å²) in [5.41, 5.74) is 1.46. The van der Waals surface area contributed by atoms with Crippen LogP contribution in [0.1, 0.15) is 38.2 Å². The first-order valence-corrected chi connectivity index (χ1v) is 6.63. The highest BCUT2D eigenvalue weighted by molar-refractivity contribution is 5.30. The number of hydrogen-bond donors (Lipinski definition) is 1. The van der Waals surface area contributed by atoms with Crippen molar-refractivity contribution in [2.75, 3.05) is 13.7 Å². The van der Waals surface area contributed by atoms with Crippen LogP contribution >= 0.6 is 0 Å². The molecule has 94 valence electrons. The Labute approximate surface area is 104 Å². The summed E-state index contributed by atoms with van der Waals surface area (Å²) in [6.07, 6.45) is 2.49. The van der Waals surface area contributed by atoms with Crippen LogP contribution in [0, 0.1) is 5.92 Å². The molecule has 0 aliphatic carbocycles. The molecule has 1 heterocycles. The Balaban J connectivity index is 2.18. The molecule has 0 bridgehead atoms. The van der Waals surface area contributed by atoms with Gasteiger partial charge in [0.25, 0.3) is 0 Å². The van der Waals surface area contributed by atoms with Crippen LogP contribution in [-0.4, -0.2) is 19.7 Å². The second-order valence-electron chi connectivity index (χ2n) is 4.98. The van der Waals surface area contributed by atoms with Crippen LogP contribution in [0.2, 0.25) is 0 Å². The number of piperidine rings is 1. The number of methoxy groups -OCH3 is 1. The van der Waals surface area contributed by atoms with Crippen molar-refractivity contribution in [3.8, 4) is 5.75 Å². The van der Waals surface area contributed by atoms with E-state index in [2.05, 4.69) is 43.4 Å². The molecule has 17 heavy (non-hydrogen) atoms. The molecule has 1 aliphatic rings. The zero-order valence-corrected chi connectivity index (χ0v) is 11.1. The minimum atomic E-state index is 0.626. The molecule has 0 saturated carbocycles. The molecule has 1 fully saturated rings. The first kappa shape index (κ1) is 12.4. The predicted molar refractivity (Wildman–Crippen MR) is 71.6 cm³/mol. The molecule has 1 aromatic rings. The quantitative estimate of drug-likeness (QED) is 0.865. The van der Waals surface area contributed by atoms with Crippen molar-refractivity contribution in [2.24, 2.45) is 5.92 Å². The van der Waals surface area contributed by atoms with Crippen LogP contribution in [0.4, 0.5) is 0 Å². The van der Waals surface area contributed by atoms with Gasteiger partial charge in [-0.3, -0.25) is 0 Å². The van der Waals surface area contributed by atoms with E-state index in [1.165, 1.54) is 18.4 Å². The van der Waals surface area contributed by atoms with Gasteiger partial charge in [-0.25, -0.2) is 0 Å². The van der Waals surface area contributed by atoms with Gasteiger partial charge in [-0.2, -0.15) is 0 Å². The average molecular weight is 233 g/mol. The summed E-state index contributed by atoms with van der Waals surface area (Å²) in [7, 11) is 1.72. The summed E-state index contributed by atoms with van der Waals surface area (Å²) >= 11 is 0. The summed E-state index contributed by atoms with van der Waals surface area (Å²) in [4.78, 5) is 0. The van der Waals surface area contributed by atoms with Gasteiger partial charge in [-0.1, -0.05) is 25.5 Å². The summed E-state index contributed by atoms with van der Waals surface area (Å²) < 4.78 is 5.22. The lowest BCUT2D eigenvalue weighted by Gasteiger charge is -2.37. The Morgan fingerprint density at radius 3 is 2.59 bits per heavy atom. The van der Waals surface area contributed by atoms with E-state index in [-0.39, 0.29) is 0 Å². The molecule has 0 aromatic heterocycles. The standard InChI is InChI=1S/C15H23NO/c1-4-14-11(2)16-10-9-15(14)12-5-7-13(17-3)8-6-12/h5-8,11,14-16H,4,9-10H2,1-3H3/t11-,14-,15+/m1/s1. The lowest BCUT2D eigenvalue weighted by molar-refractivity contribution is 0.249. The number of rotatable bonds is 3. The molecule has 0 spiro atoms. The van der Waals surface area contributed by atoms with Gasteiger partial charge < -0.3 is 10.1 Å². The molecular weight excluding hydrogens is 210 g/mol. The van der Waals surface area contributed by atoms with Crippen LogP contribution in [0.15, 0.2) is 24.3 Å². The smallest absolute Gasteiger partial charge is 0.118 e. The van der Waals surface area contributed by atoms with E-state index in [9.17, 15) is 0 Å². The van der Waals surface area contributed by atoms with Crippen LogP contribution in [0.3, 0.4) is 0 Å². The average Bonchev–Trinajstić information content (AvgIpc) is 2.38. The third kappa shape index (κ3) is 2.63. The highest BCUT2D eigenvalue weighted by atomic mass is 16.5. The van der Waals surface area contributed by atoms with Gasteiger partial charge in [0.15, 0.2) is 0 Å². The molecular formula is C15H23NO. The van der Waals surface area contributed by atoms with E-state index in [4.69, 9.17) is 4.74 Å². The topological polar surface area (TPSA) is 21.3 Å². The summed E-state index contributed by atoms with van der Waals surface area (Å²) in [5.74, 6) is 2.39. The fourth-order valence-corrected chi connectivity index (χ4v) is 3.08. The molecule has 2 rings (SSSR count). The SMILES string of the molecule is CC[C@@H]1[C@@H](C)NCC[C@H]1c1ccc(OC)cc1. The van der Waals surface area contributed by atoms with Gasteiger partial charge in [-0.15, -0.1) is 0 Å². The number of hydrogen-bond acceptors (Lipinski definition) is 2. The molecule has 1 saturated heterocycles. The first-order valence-electron chi connectivity index (χ1n) is 6.63. The van der Waals surface area contributed by atoms with E-state index in [0.717, 1.165) is 18.2 Å². The molecule has 0 amide bonds. The highest BCUT2D eigenvalue weighted by Gasteiger charge is 2.29. The first-order chi connectivity index (χ1) is 8.26. The molecule has 1 aliphatic heterocycles. The second kappa shape index (κ2) is 5.54. The summed E-state index contributed by atoms with van der Waals surface area (Å²) in [6.45, 7) is 5.74. The van der Waals surface area contributed by atoms with Crippen molar-refractivity contribution >= 4 is 0 Å². The fraction of sp³-hybridized carbons (Fsp3) is 0.600. The number of ether oxygens (including phenoxy) is 1. The maximum absolute atomic E-state index is 5.22. The van der Waals surface area contributed by atoms with Crippen molar-refractivity contribution < 1.29 is 4.74 Å². The third-order valence-electron chi connectivity index (χ3n) is 4.10. The van der Waals surface area contributed by atoms with Gasteiger partial charge >= 0.3 is 0 Å². The van der Waals surface area contributed by atoms with Crippen molar-refractivity contribution in [3.05, 3.63) is 29.8 Å². The summed E-state index contributed by atoms with van der Waals surface area (Å²) in [6, 6.07) is 9.23. The number of benzene rings is 1. The van der Waals surface area contributed by atoms with Crippen LogP contribution < -0.4 is 10.1 Å². The van der Waals surface area contributed by atoms with Crippen LogP contribution in [0.25, 0.3) is 0 Å². The minimum absolute atomic E-state index is 0.626. The lowest BCUT2D eigenvalue weighted by Crippen LogP contribution is -2.42. The minimum Gasteiger partial charge on any atom is -0.497 e. The van der Waals surface area contributed by atoms with Gasteiger partial charge in [0, 0.05) is 6.04 Å². The Bertz CT molecular complexity index is 346. The van der Waals surface area contributed by atoms with E-state index in [0.29, 0.717) is 12.0 Å². The zero-order chi connectivity index (χ0) is 12.3. The van der Waals surface area contributed by atoms with Crippen molar-refractivity contribution in [1.29, 1.82) is 0 Å². The monoisotopic (exact) mass is 233 g/mol. The highest BCUT2D eigenvalue weighted by Crippen LogP contribution is 2.35. The van der Waals surface area contributed by atoms with Crippen molar-refractivity contribution in [2.45, 2.75) is 38.6 Å². The summed E-state index contributed by atoms with van der Waals surface area (Å²) in [5, 5.41) is 3.58. The molecule has 2 nitrogen and oxygen atoms in total. The largest absolute Gasteiger partial charge is 0.497 e. The molecule has 1 aromatic carbocycles. The van der Waals surface area contributed by atoms with Crippen LogP contribution in [0.5, 0.6) is 5.75 Å². The molecule has 0 unspecified atom stereocenters. The molecule has 1 N–H and O–H groups in total. The maximum Gasteiger partial charge on any atom is 0.118 e. The lowest BCUT2D eigenvalue weighted by atomic mass is 9.76. The van der Waals surface area contributed by atoms with E-state index >= 15 is 0 Å². The van der Waals surface area contributed by atoms with Crippen LogP contribution in [-0.2, 0) is 0 Å². The molecule has 2 heteroatoms. The maximum atomic E-state index is 5.22. The zero-order valence-electron chi connectivity index (χ0n) is 11.1. The van der Waals surface area contributed by atoms with Crippen molar-refractivity contribution in [1.82, 2.24) is 5.32 Å². The van der Waals surface area contributed by atoms with Gasteiger partial charge in [0.2, 0.25) is 0 Å². The van der Waals surface area contributed by atoms with E-state index in [1.807, 2.05) is 0 Å². The van der Waals surface area contributed by atoms with Crippen molar-refractivity contribution in [3.63, 3.8) is 0 Å². The van der Waals surface area contributed by atoms with Gasteiger partial charge in [-0.05, 0) is 49.4 Å². The van der Waals surface area contributed by atoms with Gasteiger partial charge in [0.05, 0.1) is 7.11 Å².